The van der Waals surface area contributed by atoms with Crippen molar-refractivity contribution in [2.24, 2.45) is 17.2 Å². The molecule has 0 rings (SSSR count). The molecule has 3 atom stereocenters. The maximum absolute atomic E-state index is 12.2. The number of carbonyl (C=O) groups is 6. The Kier molecular flexibility index (Phi) is 10.8. The number of carboxylic acids is 1. The van der Waals surface area contributed by atoms with Gasteiger partial charge < -0.3 is 38.3 Å². The van der Waals surface area contributed by atoms with E-state index in [1.54, 1.807) is 0 Å². The van der Waals surface area contributed by atoms with Gasteiger partial charge in [-0.05, 0) is 19.8 Å². The molecule has 5 amide bonds. The van der Waals surface area contributed by atoms with Crippen LogP contribution in [0.1, 0.15) is 32.6 Å². The maximum Gasteiger partial charge on any atom is 0.326 e. The van der Waals surface area contributed by atoms with Crippen molar-refractivity contribution in [3.63, 3.8) is 0 Å². The van der Waals surface area contributed by atoms with Gasteiger partial charge in [-0.2, -0.15) is 0 Å². The first-order chi connectivity index (χ1) is 12.9. The lowest BCUT2D eigenvalue weighted by atomic mass is 10.1. The molecule has 0 aliphatic rings. The lowest BCUT2D eigenvalue weighted by Crippen LogP contribution is -2.53. The van der Waals surface area contributed by atoms with Crippen molar-refractivity contribution >= 4 is 35.5 Å². The maximum atomic E-state index is 12.2. The predicted molar refractivity (Wildman–Crippen MR) is 95.0 cm³/mol. The van der Waals surface area contributed by atoms with E-state index in [1.807, 2.05) is 0 Å². The van der Waals surface area contributed by atoms with Gasteiger partial charge in [-0.15, -0.1) is 0 Å². The van der Waals surface area contributed by atoms with Gasteiger partial charge in [0, 0.05) is 12.8 Å². The quantitative estimate of drug-likeness (QED) is 0.160. The molecule has 0 bridgehead atoms. The number of nitrogens with one attached hydrogen (secondary N) is 3. The molecule has 0 saturated heterocycles. The van der Waals surface area contributed by atoms with E-state index in [9.17, 15) is 28.8 Å². The fraction of sp³-hybridized carbons (Fsp3) is 0.600. The summed E-state index contributed by atoms with van der Waals surface area (Å²) in [5.74, 6) is -5.05. The highest BCUT2D eigenvalue weighted by Gasteiger charge is 2.24. The Morgan fingerprint density at radius 3 is 1.79 bits per heavy atom. The van der Waals surface area contributed by atoms with Gasteiger partial charge in [-0.1, -0.05) is 0 Å². The number of amides is 5. The van der Waals surface area contributed by atoms with Crippen molar-refractivity contribution < 1.29 is 33.9 Å². The number of aliphatic carboxylic acids is 1. The van der Waals surface area contributed by atoms with Crippen LogP contribution in [0.25, 0.3) is 0 Å². The average Bonchev–Trinajstić information content (AvgIpc) is 2.58. The van der Waals surface area contributed by atoms with Gasteiger partial charge in [0.2, 0.25) is 29.5 Å². The molecule has 13 heteroatoms. The minimum Gasteiger partial charge on any atom is -0.480 e. The van der Waals surface area contributed by atoms with E-state index < -0.39 is 60.2 Å². The van der Waals surface area contributed by atoms with Crippen molar-refractivity contribution in [3.05, 3.63) is 0 Å². The predicted octanol–water partition coefficient (Wildman–Crippen LogP) is -3.96. The molecule has 0 aromatic rings. The first kappa shape index (κ1) is 24.8. The lowest BCUT2D eigenvalue weighted by Gasteiger charge is -2.19. The van der Waals surface area contributed by atoms with Crippen LogP contribution in [-0.2, 0) is 28.8 Å². The molecule has 158 valence electrons. The number of nitrogens with two attached hydrogens (primary N) is 3. The number of hydrogen-bond acceptors (Lipinski definition) is 7. The lowest BCUT2D eigenvalue weighted by molar-refractivity contribution is -0.142. The smallest absolute Gasteiger partial charge is 0.326 e. The highest BCUT2D eigenvalue weighted by molar-refractivity contribution is 5.92. The molecule has 0 aromatic heterocycles. The average molecular weight is 402 g/mol. The van der Waals surface area contributed by atoms with E-state index in [4.69, 9.17) is 22.3 Å². The molecular formula is C15H26N6O7. The van der Waals surface area contributed by atoms with Gasteiger partial charge in [-0.3, -0.25) is 24.0 Å². The molecule has 3 unspecified atom stereocenters. The molecule has 0 spiro atoms. The molecule has 0 saturated carbocycles. The Labute approximate surface area is 160 Å². The van der Waals surface area contributed by atoms with Crippen LogP contribution < -0.4 is 33.2 Å². The van der Waals surface area contributed by atoms with E-state index in [1.165, 1.54) is 6.92 Å². The second kappa shape index (κ2) is 12.2. The fourth-order valence-electron chi connectivity index (χ4n) is 1.94. The van der Waals surface area contributed by atoms with Crippen molar-refractivity contribution in [1.29, 1.82) is 0 Å². The Balaban J connectivity index is 4.76. The normalized spacial score (nSPS) is 13.5. The summed E-state index contributed by atoms with van der Waals surface area (Å²) in [6.45, 7) is 0.796. The van der Waals surface area contributed by atoms with E-state index in [0.717, 1.165) is 0 Å². The van der Waals surface area contributed by atoms with Crippen LogP contribution in [0.15, 0.2) is 0 Å². The summed E-state index contributed by atoms with van der Waals surface area (Å²) in [5, 5.41) is 15.7. The molecule has 10 N–H and O–H groups in total. The van der Waals surface area contributed by atoms with Gasteiger partial charge in [0.25, 0.3) is 0 Å². The summed E-state index contributed by atoms with van der Waals surface area (Å²) in [6, 6.07) is -3.43. The Hall–Kier alpha value is -3.22. The van der Waals surface area contributed by atoms with E-state index in [-0.39, 0.29) is 25.7 Å². The summed E-state index contributed by atoms with van der Waals surface area (Å²) < 4.78 is 0. The van der Waals surface area contributed by atoms with Crippen molar-refractivity contribution in [3.8, 4) is 0 Å². The third-order valence-corrected chi connectivity index (χ3v) is 3.46. The van der Waals surface area contributed by atoms with Crippen LogP contribution in [0, 0.1) is 0 Å². The first-order valence-electron chi connectivity index (χ1n) is 8.36. The second-order valence-corrected chi connectivity index (χ2v) is 6.04. The largest absolute Gasteiger partial charge is 0.480 e. The molecular weight excluding hydrogens is 376 g/mol. The summed E-state index contributed by atoms with van der Waals surface area (Å²) in [5.41, 5.74) is 15.4. The topological polar surface area (TPSA) is 237 Å². The molecule has 0 aliphatic heterocycles. The van der Waals surface area contributed by atoms with Gasteiger partial charge in [0.15, 0.2) is 0 Å². The van der Waals surface area contributed by atoms with E-state index >= 15 is 0 Å². The summed E-state index contributed by atoms with van der Waals surface area (Å²) in [4.78, 5) is 68.4. The van der Waals surface area contributed by atoms with Crippen molar-refractivity contribution in [1.82, 2.24) is 16.0 Å². The number of carbonyl (C=O) groups excluding carboxylic acids is 5. The molecule has 0 aliphatic carbocycles. The first-order valence-corrected chi connectivity index (χ1v) is 8.36. The standard InChI is InChI=1S/C15H26N6O7/c1-7(16)13(25)21-8(2-4-10(17)22)14(26)19-6-12(24)20-9(15(27)28)3-5-11(18)23/h7-9H,2-6,16H2,1H3,(H2,17,22)(H2,18,23)(H,19,26)(H,20,24)(H,21,25)(H,27,28). The minimum atomic E-state index is -1.37. The van der Waals surface area contributed by atoms with Crippen LogP contribution >= 0.6 is 0 Å². The molecule has 0 radical (unpaired) electrons. The zero-order valence-electron chi connectivity index (χ0n) is 15.4. The Bertz CT molecular complexity index is 622. The zero-order chi connectivity index (χ0) is 21.9. The third kappa shape index (κ3) is 10.7. The monoisotopic (exact) mass is 402 g/mol. The van der Waals surface area contributed by atoms with Gasteiger partial charge in [-0.25, -0.2) is 4.79 Å². The van der Waals surface area contributed by atoms with E-state index in [2.05, 4.69) is 16.0 Å². The highest BCUT2D eigenvalue weighted by Crippen LogP contribution is 1.99. The third-order valence-electron chi connectivity index (χ3n) is 3.46. The molecule has 13 nitrogen and oxygen atoms in total. The number of carboxylic acid groups (broad SMARTS) is 1. The van der Waals surface area contributed by atoms with Crippen molar-refractivity contribution in [2.75, 3.05) is 6.54 Å². The van der Waals surface area contributed by atoms with Crippen LogP contribution in [0.3, 0.4) is 0 Å². The van der Waals surface area contributed by atoms with Crippen LogP contribution in [0.2, 0.25) is 0 Å². The van der Waals surface area contributed by atoms with Crippen molar-refractivity contribution in [2.45, 2.75) is 50.7 Å². The molecule has 28 heavy (non-hydrogen) atoms. The van der Waals surface area contributed by atoms with Crippen LogP contribution in [-0.4, -0.2) is 65.3 Å². The fourth-order valence-corrected chi connectivity index (χ4v) is 1.94. The van der Waals surface area contributed by atoms with E-state index in [0.29, 0.717) is 0 Å². The Morgan fingerprint density at radius 1 is 0.857 bits per heavy atom. The number of hydrogen-bond donors (Lipinski definition) is 7. The minimum absolute atomic E-state index is 0.113. The number of primary amides is 2. The zero-order valence-corrected chi connectivity index (χ0v) is 15.4. The van der Waals surface area contributed by atoms with Crippen LogP contribution in [0.4, 0.5) is 0 Å². The van der Waals surface area contributed by atoms with Crippen LogP contribution in [0.5, 0.6) is 0 Å². The SMILES string of the molecule is CC(N)C(=O)NC(CCC(N)=O)C(=O)NCC(=O)NC(CCC(N)=O)C(=O)O. The highest BCUT2D eigenvalue weighted by atomic mass is 16.4. The molecule has 0 fully saturated rings. The van der Waals surface area contributed by atoms with Gasteiger partial charge in [0.05, 0.1) is 12.6 Å². The number of rotatable bonds is 13. The molecule has 0 heterocycles. The Morgan fingerprint density at radius 2 is 1.36 bits per heavy atom. The summed E-state index contributed by atoms with van der Waals surface area (Å²) in [6.07, 6.45) is -0.770. The molecule has 0 aromatic carbocycles. The van der Waals surface area contributed by atoms with Gasteiger partial charge in [0.1, 0.15) is 12.1 Å². The summed E-state index contributed by atoms with van der Waals surface area (Å²) >= 11 is 0. The summed E-state index contributed by atoms with van der Waals surface area (Å²) in [7, 11) is 0. The second-order valence-electron chi connectivity index (χ2n) is 6.04. The van der Waals surface area contributed by atoms with Gasteiger partial charge >= 0.3 is 5.97 Å².